The van der Waals surface area contributed by atoms with Gasteiger partial charge in [0.1, 0.15) is 0 Å². The number of halogens is 9. The van der Waals surface area contributed by atoms with Gasteiger partial charge in [-0.1, -0.05) is 0 Å². The fourth-order valence-electron chi connectivity index (χ4n) is 1.96. The Morgan fingerprint density at radius 1 is 0.810 bits per heavy atom. The molecular formula is C8H5F9N2O2. The lowest BCUT2D eigenvalue weighted by Crippen LogP contribution is -2.70. The second-order valence-corrected chi connectivity index (χ2v) is 4.05. The molecule has 0 saturated carbocycles. The molecule has 1 atom stereocenters. The van der Waals surface area contributed by atoms with Gasteiger partial charge in [0.15, 0.2) is 0 Å². The van der Waals surface area contributed by atoms with Crippen molar-refractivity contribution in [3.63, 3.8) is 0 Å². The molecule has 0 aromatic heterocycles. The van der Waals surface area contributed by atoms with Crippen LogP contribution < -0.4 is 10.6 Å². The highest BCUT2D eigenvalue weighted by Gasteiger charge is 2.87. The van der Waals surface area contributed by atoms with Crippen LogP contribution in [-0.2, 0) is 4.79 Å². The van der Waals surface area contributed by atoms with E-state index < -0.39 is 48.3 Å². The maximum atomic E-state index is 12.7. The first-order valence-electron chi connectivity index (χ1n) is 4.95. The Hall–Kier alpha value is -1.69. The molecule has 1 rings (SSSR count). The number of amides is 3. The molecule has 0 radical (unpaired) electrons. The summed E-state index contributed by atoms with van der Waals surface area (Å²) in [4.78, 5) is 21.7. The molecule has 0 aromatic rings. The molecule has 3 amide bonds. The molecule has 1 unspecified atom stereocenters. The minimum absolute atomic E-state index is 0.962. The fraction of sp³-hybridized carbons (Fsp3) is 0.750. The zero-order valence-electron chi connectivity index (χ0n) is 9.50. The number of imide groups is 1. The van der Waals surface area contributed by atoms with E-state index in [1.807, 2.05) is 0 Å². The monoisotopic (exact) mass is 332 g/mol. The highest BCUT2D eigenvalue weighted by Crippen LogP contribution is 2.63. The Labute approximate surface area is 109 Å². The maximum Gasteiger partial charge on any atom is 0.412 e. The van der Waals surface area contributed by atoms with Gasteiger partial charge < -0.3 is 5.32 Å². The van der Waals surface area contributed by atoms with Crippen LogP contribution in [0.5, 0.6) is 0 Å². The first-order chi connectivity index (χ1) is 9.16. The normalized spacial score (nSPS) is 21.9. The van der Waals surface area contributed by atoms with Gasteiger partial charge in [0.05, 0.1) is 5.92 Å². The third-order valence-electron chi connectivity index (χ3n) is 2.88. The topological polar surface area (TPSA) is 58.2 Å². The Balaban J connectivity index is 3.59. The van der Waals surface area contributed by atoms with Gasteiger partial charge in [0.2, 0.25) is 5.91 Å². The minimum atomic E-state index is -6.85. The molecule has 1 aliphatic rings. The van der Waals surface area contributed by atoms with Crippen molar-refractivity contribution < 1.29 is 49.1 Å². The first-order valence-corrected chi connectivity index (χ1v) is 4.95. The van der Waals surface area contributed by atoms with E-state index in [0.717, 1.165) is 5.32 Å². The van der Waals surface area contributed by atoms with Gasteiger partial charge in [0.25, 0.3) is 5.41 Å². The van der Waals surface area contributed by atoms with Crippen molar-refractivity contribution in [2.75, 3.05) is 6.54 Å². The van der Waals surface area contributed by atoms with E-state index in [1.54, 1.807) is 0 Å². The van der Waals surface area contributed by atoms with Gasteiger partial charge in [-0.05, 0) is 0 Å². The zero-order chi connectivity index (χ0) is 16.9. The Morgan fingerprint density at radius 2 is 1.19 bits per heavy atom. The van der Waals surface area contributed by atoms with Crippen molar-refractivity contribution in [2.24, 2.45) is 11.3 Å². The van der Waals surface area contributed by atoms with E-state index >= 15 is 0 Å². The summed E-state index contributed by atoms with van der Waals surface area (Å²) in [5.74, 6) is -5.94. The SMILES string of the molecule is O=C1NCC(C(C(F)(F)F)(C(F)(F)F)C(F)(F)F)C(=O)N1. The highest BCUT2D eigenvalue weighted by atomic mass is 19.4. The summed E-state index contributed by atoms with van der Waals surface area (Å²) in [5.41, 5.74) is -6.29. The van der Waals surface area contributed by atoms with Crippen LogP contribution >= 0.6 is 0 Å². The average Bonchev–Trinajstić information content (AvgIpc) is 2.15. The molecule has 2 N–H and O–H groups in total. The largest absolute Gasteiger partial charge is 0.412 e. The van der Waals surface area contributed by atoms with E-state index in [9.17, 15) is 49.1 Å². The minimum Gasteiger partial charge on any atom is -0.337 e. The Morgan fingerprint density at radius 3 is 1.48 bits per heavy atom. The van der Waals surface area contributed by atoms with E-state index in [1.165, 1.54) is 5.32 Å². The third kappa shape index (κ3) is 2.48. The molecule has 0 spiro atoms. The van der Waals surface area contributed by atoms with Crippen LogP contribution in [0, 0.1) is 11.3 Å². The van der Waals surface area contributed by atoms with Gasteiger partial charge in [-0.15, -0.1) is 0 Å². The van der Waals surface area contributed by atoms with Crippen LogP contribution in [0.15, 0.2) is 0 Å². The fourth-order valence-corrected chi connectivity index (χ4v) is 1.96. The molecular weight excluding hydrogens is 327 g/mol. The maximum absolute atomic E-state index is 12.7. The summed E-state index contributed by atoms with van der Waals surface area (Å²) in [6, 6.07) is -1.49. The second kappa shape index (κ2) is 4.66. The summed E-state index contributed by atoms with van der Waals surface area (Å²) in [5, 5.41) is 2.28. The molecule has 0 aliphatic carbocycles. The van der Waals surface area contributed by atoms with Gasteiger partial charge in [0, 0.05) is 6.54 Å². The van der Waals surface area contributed by atoms with E-state index in [0.29, 0.717) is 0 Å². The number of hydrogen-bond acceptors (Lipinski definition) is 2. The molecule has 13 heteroatoms. The standard InChI is InChI=1S/C8H5F9N2O2/c9-6(10,11)5(7(12,13)14,8(15,16)17)2-1-18-4(21)19-3(2)20/h2H,1H2,(H2,18,19,20,21). The van der Waals surface area contributed by atoms with E-state index in [4.69, 9.17) is 0 Å². The van der Waals surface area contributed by atoms with Gasteiger partial charge >= 0.3 is 24.6 Å². The summed E-state index contributed by atoms with van der Waals surface area (Å²) in [6.45, 7) is -1.76. The van der Waals surface area contributed by atoms with Crippen molar-refractivity contribution in [3.05, 3.63) is 0 Å². The van der Waals surface area contributed by atoms with Crippen molar-refractivity contribution in [1.29, 1.82) is 0 Å². The zero-order valence-corrected chi connectivity index (χ0v) is 9.50. The number of carbonyl (C=O) groups is 2. The molecule has 1 heterocycles. The van der Waals surface area contributed by atoms with Crippen molar-refractivity contribution in [3.8, 4) is 0 Å². The van der Waals surface area contributed by atoms with E-state index in [-0.39, 0.29) is 0 Å². The van der Waals surface area contributed by atoms with Gasteiger partial charge in [-0.2, -0.15) is 39.5 Å². The number of nitrogens with one attached hydrogen (secondary N) is 2. The van der Waals surface area contributed by atoms with Crippen LogP contribution in [0.2, 0.25) is 0 Å². The molecule has 122 valence electrons. The predicted octanol–water partition coefficient (Wildman–Crippen LogP) is 2.12. The first kappa shape index (κ1) is 17.4. The highest BCUT2D eigenvalue weighted by molar-refractivity contribution is 5.98. The van der Waals surface area contributed by atoms with Crippen LogP contribution in [0.25, 0.3) is 0 Å². The smallest absolute Gasteiger partial charge is 0.337 e. The lowest BCUT2D eigenvalue weighted by atomic mass is 9.71. The Bertz CT molecular complexity index is 414. The molecule has 0 bridgehead atoms. The van der Waals surface area contributed by atoms with Crippen LogP contribution in [-0.4, -0.2) is 37.0 Å². The quantitative estimate of drug-likeness (QED) is 0.723. The second-order valence-electron chi connectivity index (χ2n) is 4.05. The average molecular weight is 332 g/mol. The Kier molecular flexibility index (Phi) is 3.85. The molecule has 4 nitrogen and oxygen atoms in total. The van der Waals surface area contributed by atoms with Gasteiger partial charge in [-0.25, -0.2) is 4.79 Å². The molecule has 21 heavy (non-hydrogen) atoms. The lowest BCUT2D eigenvalue weighted by molar-refractivity contribution is -0.438. The molecule has 1 saturated heterocycles. The van der Waals surface area contributed by atoms with Crippen LogP contribution in [0.3, 0.4) is 0 Å². The predicted molar refractivity (Wildman–Crippen MR) is 45.6 cm³/mol. The van der Waals surface area contributed by atoms with Crippen LogP contribution in [0.1, 0.15) is 0 Å². The molecule has 0 aromatic carbocycles. The van der Waals surface area contributed by atoms with Crippen molar-refractivity contribution >= 4 is 11.9 Å². The number of carbonyl (C=O) groups excluding carboxylic acids is 2. The lowest BCUT2D eigenvalue weighted by Gasteiger charge is -2.43. The summed E-state index contributed by atoms with van der Waals surface area (Å²) < 4.78 is 114. The summed E-state index contributed by atoms with van der Waals surface area (Å²) >= 11 is 0. The summed E-state index contributed by atoms with van der Waals surface area (Å²) in [7, 11) is 0. The van der Waals surface area contributed by atoms with Crippen molar-refractivity contribution in [2.45, 2.75) is 18.5 Å². The molecule has 1 aliphatic heterocycles. The van der Waals surface area contributed by atoms with Crippen molar-refractivity contribution in [1.82, 2.24) is 10.6 Å². The number of alkyl halides is 9. The summed E-state index contributed by atoms with van der Waals surface area (Å²) in [6.07, 6.45) is -20.6. The third-order valence-corrected chi connectivity index (χ3v) is 2.88. The molecule has 1 fully saturated rings. The van der Waals surface area contributed by atoms with Crippen LogP contribution in [0.4, 0.5) is 44.3 Å². The van der Waals surface area contributed by atoms with Gasteiger partial charge in [-0.3, -0.25) is 10.1 Å². The number of urea groups is 1. The number of rotatable bonds is 1. The number of hydrogen-bond donors (Lipinski definition) is 2. The van der Waals surface area contributed by atoms with E-state index in [2.05, 4.69) is 0 Å².